The van der Waals surface area contributed by atoms with Gasteiger partial charge in [0, 0.05) is 17.9 Å². The molecule has 0 atom stereocenters. The first-order valence-electron chi connectivity index (χ1n) is 5.64. The van der Waals surface area contributed by atoms with Gasteiger partial charge in [0.05, 0.1) is 11.9 Å². The lowest BCUT2D eigenvalue weighted by Crippen LogP contribution is -2.19. The van der Waals surface area contributed by atoms with Crippen LogP contribution >= 0.6 is 0 Å². The summed E-state index contributed by atoms with van der Waals surface area (Å²) < 4.78 is 3.62. The maximum atomic E-state index is 12.2. The number of nitrogens with zero attached hydrogens (tertiary/aromatic N) is 3. The third-order valence-electron chi connectivity index (χ3n) is 3.02. The van der Waals surface area contributed by atoms with Gasteiger partial charge in [-0.05, 0) is 19.9 Å². The van der Waals surface area contributed by atoms with Crippen molar-refractivity contribution in [2.24, 2.45) is 0 Å². The highest BCUT2D eigenvalue weighted by Gasteiger charge is 2.20. The Morgan fingerprint density at radius 2 is 2.29 bits per heavy atom. The summed E-state index contributed by atoms with van der Waals surface area (Å²) >= 11 is 0. The van der Waals surface area contributed by atoms with E-state index in [9.17, 15) is 4.79 Å². The zero-order valence-electron chi connectivity index (χ0n) is 9.90. The quantitative estimate of drug-likeness (QED) is 0.811. The summed E-state index contributed by atoms with van der Waals surface area (Å²) in [5.74, 6) is 0.591. The molecule has 1 N–H and O–H groups in total. The highest BCUT2D eigenvalue weighted by atomic mass is 16.1. The number of fused-ring (bicyclic) bond motifs is 2. The first-order valence-corrected chi connectivity index (χ1v) is 5.64. The van der Waals surface area contributed by atoms with Crippen LogP contribution in [0.1, 0.15) is 19.9 Å². The van der Waals surface area contributed by atoms with Crippen LogP contribution in [0.4, 0.5) is 5.95 Å². The molecule has 0 bridgehead atoms. The molecular weight excluding hydrogens is 216 g/mol. The van der Waals surface area contributed by atoms with Crippen molar-refractivity contribution in [3.8, 4) is 0 Å². The fraction of sp³-hybridized carbons (Fsp3) is 0.333. The second kappa shape index (κ2) is 3.23. The lowest BCUT2D eigenvalue weighted by atomic mass is 10.4. The van der Waals surface area contributed by atoms with Gasteiger partial charge in [0.25, 0.3) is 5.56 Å². The molecule has 2 aromatic rings. The van der Waals surface area contributed by atoms with E-state index in [-0.39, 0.29) is 11.6 Å². The molecule has 3 rings (SSSR count). The van der Waals surface area contributed by atoms with E-state index in [0.29, 0.717) is 17.9 Å². The number of hydrogen-bond donors (Lipinski definition) is 1. The molecular formula is C12H14N4O. The van der Waals surface area contributed by atoms with Crippen LogP contribution in [0.15, 0.2) is 29.3 Å². The summed E-state index contributed by atoms with van der Waals surface area (Å²) in [6.45, 7) is 8.46. The zero-order chi connectivity index (χ0) is 12.2. The Bertz CT molecular complexity index is 678. The lowest BCUT2D eigenvalue weighted by molar-refractivity contribution is 0.617. The SMILES string of the molecule is C=C1Cn2c(nc3c(ccn3C(C)C)c2=O)N1. The Balaban J connectivity index is 2.37. The van der Waals surface area contributed by atoms with Gasteiger partial charge in [-0.2, -0.15) is 4.98 Å². The van der Waals surface area contributed by atoms with E-state index in [1.54, 1.807) is 4.57 Å². The second-order valence-corrected chi connectivity index (χ2v) is 4.61. The van der Waals surface area contributed by atoms with Gasteiger partial charge >= 0.3 is 0 Å². The number of anilines is 1. The standard InChI is InChI=1S/C12H14N4O/c1-7(2)15-5-4-9-10(15)14-12-13-8(3)6-16(12)11(9)17/h4-5,7H,3,6H2,1-2H3,(H,13,14). The maximum Gasteiger partial charge on any atom is 0.264 e. The van der Waals surface area contributed by atoms with Gasteiger partial charge < -0.3 is 9.88 Å². The molecule has 0 fully saturated rings. The normalized spacial score (nSPS) is 14.4. The molecule has 3 heterocycles. The van der Waals surface area contributed by atoms with E-state index in [2.05, 4.69) is 30.7 Å². The summed E-state index contributed by atoms with van der Waals surface area (Å²) in [5.41, 5.74) is 1.53. The number of hydrogen-bond acceptors (Lipinski definition) is 3. The average Bonchev–Trinajstić information content (AvgIpc) is 2.81. The molecule has 0 spiro atoms. The maximum absolute atomic E-state index is 12.2. The summed E-state index contributed by atoms with van der Waals surface area (Å²) in [6.07, 6.45) is 1.91. The Kier molecular flexibility index (Phi) is 1.92. The van der Waals surface area contributed by atoms with Gasteiger partial charge in [0.15, 0.2) is 0 Å². The van der Waals surface area contributed by atoms with Crippen LogP contribution in [0.5, 0.6) is 0 Å². The van der Waals surface area contributed by atoms with Crippen LogP contribution in [0.25, 0.3) is 11.0 Å². The predicted octanol–water partition coefficient (Wildman–Crippen LogP) is 1.72. The van der Waals surface area contributed by atoms with Gasteiger partial charge in [0.1, 0.15) is 5.65 Å². The van der Waals surface area contributed by atoms with E-state index in [4.69, 9.17) is 0 Å². The molecule has 0 radical (unpaired) electrons. The molecule has 0 unspecified atom stereocenters. The Labute approximate surface area is 98.4 Å². The zero-order valence-corrected chi connectivity index (χ0v) is 9.90. The van der Waals surface area contributed by atoms with E-state index >= 15 is 0 Å². The number of nitrogens with one attached hydrogen (secondary N) is 1. The third-order valence-corrected chi connectivity index (χ3v) is 3.02. The molecule has 0 aromatic carbocycles. The summed E-state index contributed by atoms with van der Waals surface area (Å²) in [6, 6.07) is 2.12. The van der Waals surface area contributed by atoms with Gasteiger partial charge in [0.2, 0.25) is 5.95 Å². The minimum absolute atomic E-state index is 0.00412. The fourth-order valence-electron chi connectivity index (χ4n) is 2.17. The van der Waals surface area contributed by atoms with Crippen LogP contribution in [0, 0.1) is 0 Å². The van der Waals surface area contributed by atoms with Crippen LogP contribution in [0.2, 0.25) is 0 Å². The monoisotopic (exact) mass is 230 g/mol. The molecule has 5 heteroatoms. The van der Waals surface area contributed by atoms with Crippen molar-refractivity contribution in [3.05, 3.63) is 34.9 Å². The number of rotatable bonds is 1. The molecule has 0 aliphatic carbocycles. The lowest BCUT2D eigenvalue weighted by Gasteiger charge is -2.09. The number of allylic oxidation sites excluding steroid dienone is 1. The number of aromatic nitrogens is 3. The Morgan fingerprint density at radius 3 is 3.00 bits per heavy atom. The van der Waals surface area contributed by atoms with Crippen molar-refractivity contribution in [2.45, 2.75) is 26.4 Å². The van der Waals surface area contributed by atoms with Crippen molar-refractivity contribution in [2.75, 3.05) is 5.32 Å². The van der Waals surface area contributed by atoms with E-state index in [1.165, 1.54) is 0 Å². The van der Waals surface area contributed by atoms with Crippen LogP contribution in [-0.4, -0.2) is 14.1 Å². The first kappa shape index (κ1) is 10.1. The summed E-state index contributed by atoms with van der Waals surface area (Å²) in [5, 5.41) is 3.70. The largest absolute Gasteiger partial charge is 0.330 e. The van der Waals surface area contributed by atoms with Crippen LogP contribution in [-0.2, 0) is 6.54 Å². The van der Waals surface area contributed by atoms with Crippen molar-refractivity contribution in [1.29, 1.82) is 0 Å². The van der Waals surface area contributed by atoms with Crippen molar-refractivity contribution < 1.29 is 0 Å². The fourth-order valence-corrected chi connectivity index (χ4v) is 2.17. The Morgan fingerprint density at radius 1 is 1.53 bits per heavy atom. The van der Waals surface area contributed by atoms with Gasteiger partial charge in [-0.25, -0.2) is 0 Å². The van der Waals surface area contributed by atoms with Crippen LogP contribution < -0.4 is 10.9 Å². The van der Waals surface area contributed by atoms with E-state index in [1.807, 2.05) is 16.8 Å². The summed E-state index contributed by atoms with van der Waals surface area (Å²) in [7, 11) is 0. The smallest absolute Gasteiger partial charge is 0.264 e. The minimum Gasteiger partial charge on any atom is -0.330 e. The van der Waals surface area contributed by atoms with Gasteiger partial charge in [-0.15, -0.1) is 0 Å². The average molecular weight is 230 g/mol. The van der Waals surface area contributed by atoms with E-state index < -0.39 is 0 Å². The molecule has 88 valence electrons. The van der Waals surface area contributed by atoms with Crippen molar-refractivity contribution in [1.82, 2.24) is 14.1 Å². The predicted molar refractivity (Wildman–Crippen MR) is 67.1 cm³/mol. The molecule has 0 amide bonds. The molecule has 0 saturated heterocycles. The molecule has 1 aliphatic rings. The second-order valence-electron chi connectivity index (χ2n) is 4.61. The first-order chi connectivity index (χ1) is 8.08. The highest BCUT2D eigenvalue weighted by Crippen LogP contribution is 2.21. The molecule has 17 heavy (non-hydrogen) atoms. The van der Waals surface area contributed by atoms with Crippen molar-refractivity contribution in [3.63, 3.8) is 0 Å². The third kappa shape index (κ3) is 1.32. The van der Waals surface area contributed by atoms with Crippen molar-refractivity contribution >= 4 is 17.0 Å². The topological polar surface area (TPSA) is 51.9 Å². The summed E-state index contributed by atoms with van der Waals surface area (Å²) in [4.78, 5) is 16.7. The molecule has 1 aliphatic heterocycles. The molecule has 2 aromatic heterocycles. The molecule has 0 saturated carbocycles. The Hall–Kier alpha value is -2.04. The van der Waals surface area contributed by atoms with E-state index in [0.717, 1.165) is 11.3 Å². The highest BCUT2D eigenvalue weighted by molar-refractivity contribution is 5.77. The van der Waals surface area contributed by atoms with Gasteiger partial charge in [-0.1, -0.05) is 6.58 Å². The molecule has 5 nitrogen and oxygen atoms in total. The van der Waals surface area contributed by atoms with Crippen LogP contribution in [0.3, 0.4) is 0 Å². The van der Waals surface area contributed by atoms with Gasteiger partial charge in [-0.3, -0.25) is 9.36 Å². The minimum atomic E-state index is -0.00412.